The zero-order valence-electron chi connectivity index (χ0n) is 18.4. The summed E-state index contributed by atoms with van der Waals surface area (Å²) in [5.41, 5.74) is 2.14. The van der Waals surface area contributed by atoms with E-state index < -0.39 is 0 Å². The topological polar surface area (TPSA) is 39.7 Å². The van der Waals surface area contributed by atoms with Crippen molar-refractivity contribution in [3.05, 3.63) is 84.4 Å². The van der Waals surface area contributed by atoms with Gasteiger partial charge in [-0.2, -0.15) is 0 Å². The minimum absolute atomic E-state index is 0.493. The van der Waals surface area contributed by atoms with Crippen LogP contribution in [0.25, 0.3) is 0 Å². The molecule has 0 saturated heterocycles. The fraction of sp³-hybridized carbons (Fsp3) is 0.333. The van der Waals surface area contributed by atoms with Crippen LogP contribution in [0.5, 0.6) is 17.2 Å². The van der Waals surface area contributed by atoms with Crippen LogP contribution in [0, 0.1) is 0 Å². The van der Waals surface area contributed by atoms with Crippen LogP contribution >= 0.6 is 0 Å². The molecular formula is C27H33NO3. The Labute approximate surface area is 186 Å². The van der Waals surface area contributed by atoms with Gasteiger partial charge < -0.3 is 19.5 Å². The molecule has 1 N–H and O–H groups in total. The van der Waals surface area contributed by atoms with Crippen LogP contribution in [0.1, 0.15) is 38.2 Å². The number of nitrogens with one attached hydrogen (secondary N) is 1. The molecule has 0 atom stereocenters. The largest absolute Gasteiger partial charge is 0.494 e. The molecule has 0 aromatic heterocycles. The second kappa shape index (κ2) is 13.2. The van der Waals surface area contributed by atoms with Crippen LogP contribution in [0.4, 0.5) is 5.69 Å². The molecule has 0 aliphatic carbocycles. The third kappa shape index (κ3) is 8.25. The van der Waals surface area contributed by atoms with Crippen LogP contribution in [-0.2, 0) is 6.54 Å². The van der Waals surface area contributed by atoms with Crippen molar-refractivity contribution < 1.29 is 14.2 Å². The molecule has 0 spiro atoms. The summed E-state index contributed by atoms with van der Waals surface area (Å²) < 4.78 is 17.6. The molecule has 0 unspecified atom stereocenters. The highest BCUT2D eigenvalue weighted by Gasteiger charge is 2.04. The van der Waals surface area contributed by atoms with Crippen molar-refractivity contribution in [1.82, 2.24) is 0 Å². The predicted octanol–water partition coefficient (Wildman–Crippen LogP) is 6.72. The van der Waals surface area contributed by atoms with Gasteiger partial charge in [0.1, 0.15) is 30.5 Å². The number of ether oxygens (including phenoxy) is 3. The lowest BCUT2D eigenvalue weighted by molar-refractivity contribution is 0.216. The van der Waals surface area contributed by atoms with E-state index in [9.17, 15) is 0 Å². The summed E-state index contributed by atoms with van der Waals surface area (Å²) in [4.78, 5) is 0. The second-order valence-corrected chi connectivity index (χ2v) is 7.41. The van der Waals surface area contributed by atoms with E-state index >= 15 is 0 Å². The van der Waals surface area contributed by atoms with Crippen molar-refractivity contribution in [1.29, 1.82) is 0 Å². The lowest BCUT2D eigenvalue weighted by Gasteiger charge is -2.14. The van der Waals surface area contributed by atoms with E-state index in [1.54, 1.807) is 0 Å². The molecule has 31 heavy (non-hydrogen) atoms. The van der Waals surface area contributed by atoms with E-state index in [1.165, 1.54) is 19.3 Å². The van der Waals surface area contributed by atoms with Crippen LogP contribution in [0.3, 0.4) is 0 Å². The first kappa shape index (κ1) is 22.5. The monoisotopic (exact) mass is 419 g/mol. The molecule has 0 aliphatic rings. The van der Waals surface area contributed by atoms with Crippen molar-refractivity contribution >= 4 is 5.69 Å². The Morgan fingerprint density at radius 2 is 1.39 bits per heavy atom. The number of para-hydroxylation sites is 2. The molecule has 164 valence electrons. The molecule has 3 aromatic rings. The molecule has 0 heterocycles. The van der Waals surface area contributed by atoms with Gasteiger partial charge in [0.05, 0.1) is 6.61 Å². The molecule has 0 saturated carbocycles. The van der Waals surface area contributed by atoms with Gasteiger partial charge in [-0.15, -0.1) is 0 Å². The van der Waals surface area contributed by atoms with Crippen LogP contribution < -0.4 is 19.5 Å². The van der Waals surface area contributed by atoms with Gasteiger partial charge in [0.25, 0.3) is 0 Å². The van der Waals surface area contributed by atoms with Crippen LogP contribution in [-0.4, -0.2) is 19.8 Å². The van der Waals surface area contributed by atoms with Gasteiger partial charge in [0, 0.05) is 23.9 Å². The van der Waals surface area contributed by atoms with Crippen molar-refractivity contribution in [3.63, 3.8) is 0 Å². The molecule has 0 aliphatic heterocycles. The van der Waals surface area contributed by atoms with Gasteiger partial charge in [-0.25, -0.2) is 0 Å². The van der Waals surface area contributed by atoms with Gasteiger partial charge >= 0.3 is 0 Å². The Bertz CT molecular complexity index is 882. The van der Waals surface area contributed by atoms with E-state index in [1.807, 2.05) is 60.7 Å². The van der Waals surface area contributed by atoms with Gasteiger partial charge in [-0.3, -0.25) is 0 Å². The van der Waals surface area contributed by atoms with Crippen LogP contribution in [0.2, 0.25) is 0 Å². The molecule has 0 fully saturated rings. The van der Waals surface area contributed by atoms with E-state index in [2.05, 4.69) is 30.4 Å². The maximum Gasteiger partial charge on any atom is 0.124 e. The Morgan fingerprint density at radius 1 is 0.645 bits per heavy atom. The van der Waals surface area contributed by atoms with Crippen molar-refractivity contribution in [2.75, 3.05) is 25.1 Å². The third-order valence-corrected chi connectivity index (χ3v) is 4.91. The molecule has 3 aromatic carbocycles. The highest BCUT2D eigenvalue weighted by molar-refractivity contribution is 5.49. The molecule has 4 nitrogen and oxygen atoms in total. The molecule has 3 rings (SSSR count). The second-order valence-electron chi connectivity index (χ2n) is 7.41. The third-order valence-electron chi connectivity index (χ3n) is 4.91. The first-order valence-electron chi connectivity index (χ1n) is 11.2. The number of hydrogen-bond donors (Lipinski definition) is 1. The van der Waals surface area contributed by atoms with Gasteiger partial charge in [-0.1, -0.05) is 68.7 Å². The quantitative estimate of drug-likeness (QED) is 0.295. The summed E-state index contributed by atoms with van der Waals surface area (Å²) in [6.07, 6.45) is 4.83. The van der Waals surface area contributed by atoms with E-state index in [0.29, 0.717) is 19.8 Å². The van der Waals surface area contributed by atoms with Crippen LogP contribution in [0.15, 0.2) is 78.9 Å². The van der Waals surface area contributed by atoms with E-state index in [-0.39, 0.29) is 0 Å². The average Bonchev–Trinajstić information content (AvgIpc) is 2.82. The Hall–Kier alpha value is -3.14. The summed E-state index contributed by atoms with van der Waals surface area (Å²) in [5, 5.41) is 3.48. The molecule has 4 heteroatoms. The van der Waals surface area contributed by atoms with E-state index in [0.717, 1.165) is 41.5 Å². The standard InChI is InChI=1S/C27H33NO3/c1-2-3-4-10-18-29-26-16-11-13-24(21-26)28-22-23-12-8-9-17-27(23)31-20-19-30-25-14-6-5-7-15-25/h5-9,11-17,21,28H,2-4,10,18-20,22H2,1H3. The van der Waals surface area contributed by atoms with Gasteiger partial charge in [-0.05, 0) is 36.8 Å². The summed E-state index contributed by atoms with van der Waals surface area (Å²) >= 11 is 0. The van der Waals surface area contributed by atoms with Gasteiger partial charge in [0.2, 0.25) is 0 Å². The summed E-state index contributed by atoms with van der Waals surface area (Å²) in [6, 6.07) is 26.0. The number of unbranched alkanes of at least 4 members (excludes halogenated alkanes) is 3. The minimum Gasteiger partial charge on any atom is -0.494 e. The first-order chi connectivity index (χ1) is 15.3. The molecule has 0 bridgehead atoms. The number of benzene rings is 3. The highest BCUT2D eigenvalue weighted by atomic mass is 16.5. The SMILES string of the molecule is CCCCCCOc1cccc(NCc2ccccc2OCCOc2ccccc2)c1. The maximum absolute atomic E-state index is 5.97. The molecular weight excluding hydrogens is 386 g/mol. The van der Waals surface area contributed by atoms with Crippen molar-refractivity contribution in [3.8, 4) is 17.2 Å². The average molecular weight is 420 g/mol. The van der Waals surface area contributed by atoms with E-state index in [4.69, 9.17) is 14.2 Å². The Kier molecular flexibility index (Phi) is 9.61. The number of anilines is 1. The number of hydrogen-bond acceptors (Lipinski definition) is 4. The first-order valence-corrected chi connectivity index (χ1v) is 11.2. The number of rotatable bonds is 14. The van der Waals surface area contributed by atoms with Crippen molar-refractivity contribution in [2.45, 2.75) is 39.2 Å². The molecule has 0 amide bonds. The highest BCUT2D eigenvalue weighted by Crippen LogP contribution is 2.22. The smallest absolute Gasteiger partial charge is 0.124 e. The lowest BCUT2D eigenvalue weighted by atomic mass is 10.2. The maximum atomic E-state index is 5.97. The normalized spacial score (nSPS) is 10.5. The minimum atomic E-state index is 0.493. The summed E-state index contributed by atoms with van der Waals surface area (Å²) in [6.45, 7) is 4.66. The zero-order valence-corrected chi connectivity index (χ0v) is 18.4. The lowest BCUT2D eigenvalue weighted by Crippen LogP contribution is -2.11. The van der Waals surface area contributed by atoms with Crippen molar-refractivity contribution in [2.24, 2.45) is 0 Å². The van der Waals surface area contributed by atoms with Gasteiger partial charge in [0.15, 0.2) is 0 Å². The fourth-order valence-electron chi connectivity index (χ4n) is 3.23. The molecule has 0 radical (unpaired) electrons. The Balaban J connectivity index is 1.45. The Morgan fingerprint density at radius 3 is 2.26 bits per heavy atom. The summed E-state index contributed by atoms with van der Waals surface area (Å²) in [7, 11) is 0. The summed E-state index contributed by atoms with van der Waals surface area (Å²) in [5.74, 6) is 2.63. The zero-order chi connectivity index (χ0) is 21.6. The predicted molar refractivity (Wildman–Crippen MR) is 127 cm³/mol. The fourth-order valence-corrected chi connectivity index (χ4v) is 3.23.